The molecule has 0 aliphatic carbocycles. The minimum absolute atomic E-state index is 0.304. The van der Waals surface area contributed by atoms with Gasteiger partial charge >= 0.3 is 5.97 Å². The zero-order chi connectivity index (χ0) is 16.7. The molecule has 0 amide bonds. The van der Waals surface area contributed by atoms with Gasteiger partial charge in [-0.1, -0.05) is 17.2 Å². The number of carbonyl (C=O) groups excluding carboxylic acids is 1. The van der Waals surface area contributed by atoms with Crippen molar-refractivity contribution in [2.45, 2.75) is 27.7 Å². The second kappa shape index (κ2) is 5.50. The third-order valence-electron chi connectivity index (χ3n) is 3.94. The van der Waals surface area contributed by atoms with Crippen LogP contribution in [0.2, 0.25) is 0 Å². The molecule has 0 spiro atoms. The largest absolute Gasteiger partial charge is 0.402 e. The Labute approximate surface area is 135 Å². The van der Waals surface area contributed by atoms with Crippen LogP contribution in [0.4, 0.5) is 0 Å². The van der Waals surface area contributed by atoms with Crippen LogP contribution in [0.3, 0.4) is 0 Å². The molecule has 5 nitrogen and oxygen atoms in total. The number of carbonyl (C=O) groups is 1. The van der Waals surface area contributed by atoms with E-state index in [2.05, 4.69) is 16.2 Å². The predicted molar refractivity (Wildman–Crippen MR) is 89.2 cm³/mol. The average molecular weight is 309 g/mol. The van der Waals surface area contributed by atoms with Gasteiger partial charge in [0.15, 0.2) is 5.70 Å². The van der Waals surface area contributed by atoms with Crippen molar-refractivity contribution < 1.29 is 9.53 Å². The number of hydrogen-bond acceptors (Lipinski definition) is 4. The van der Waals surface area contributed by atoms with E-state index in [0.717, 1.165) is 33.6 Å². The summed E-state index contributed by atoms with van der Waals surface area (Å²) in [6.45, 7) is 7.88. The van der Waals surface area contributed by atoms with Crippen LogP contribution >= 0.6 is 0 Å². The minimum Gasteiger partial charge on any atom is -0.402 e. The van der Waals surface area contributed by atoms with Gasteiger partial charge in [-0.05, 0) is 45.9 Å². The summed E-state index contributed by atoms with van der Waals surface area (Å²) in [4.78, 5) is 16.5. The number of cyclic esters (lactones) is 1. The summed E-state index contributed by atoms with van der Waals surface area (Å²) in [6, 6.07) is 5.99. The number of rotatable bonds is 2. The first kappa shape index (κ1) is 15.2. The van der Waals surface area contributed by atoms with Gasteiger partial charge in [0.05, 0.1) is 5.69 Å². The van der Waals surface area contributed by atoms with Crippen LogP contribution in [0.1, 0.15) is 33.6 Å². The standard InChI is InChI=1S/C18H19N3O2/c1-10-6-11(2)8-14(7-10)17-19-16(18(22)23-17)9-15-12(3)20-21(5)13(15)4/h6-9H,1-5H3/b16-9-. The van der Waals surface area contributed by atoms with Gasteiger partial charge in [-0.25, -0.2) is 9.79 Å². The first-order valence-electron chi connectivity index (χ1n) is 7.46. The fourth-order valence-corrected chi connectivity index (χ4v) is 2.77. The minimum atomic E-state index is -0.429. The highest BCUT2D eigenvalue weighted by atomic mass is 16.6. The summed E-state index contributed by atoms with van der Waals surface area (Å²) in [6.07, 6.45) is 1.75. The van der Waals surface area contributed by atoms with Gasteiger partial charge in [-0.3, -0.25) is 4.68 Å². The second-order valence-corrected chi connectivity index (χ2v) is 5.92. The van der Waals surface area contributed by atoms with Crippen molar-refractivity contribution in [2.24, 2.45) is 12.0 Å². The molecule has 3 rings (SSSR count). The molecule has 0 N–H and O–H groups in total. The highest BCUT2D eigenvalue weighted by Crippen LogP contribution is 2.23. The highest BCUT2D eigenvalue weighted by molar-refractivity contribution is 6.13. The van der Waals surface area contributed by atoms with Crippen molar-refractivity contribution >= 4 is 17.9 Å². The molecule has 23 heavy (non-hydrogen) atoms. The van der Waals surface area contributed by atoms with E-state index in [9.17, 15) is 4.79 Å². The molecule has 1 aliphatic rings. The molecule has 0 atom stereocenters. The Morgan fingerprint density at radius 1 is 1.09 bits per heavy atom. The maximum Gasteiger partial charge on any atom is 0.363 e. The van der Waals surface area contributed by atoms with Gasteiger partial charge in [-0.2, -0.15) is 5.10 Å². The molecule has 2 heterocycles. The van der Waals surface area contributed by atoms with Crippen molar-refractivity contribution in [3.63, 3.8) is 0 Å². The molecule has 118 valence electrons. The van der Waals surface area contributed by atoms with Crippen molar-refractivity contribution in [3.8, 4) is 0 Å². The lowest BCUT2D eigenvalue weighted by atomic mass is 10.1. The Morgan fingerprint density at radius 2 is 1.74 bits per heavy atom. The fraction of sp³-hybridized carbons (Fsp3) is 0.278. The van der Waals surface area contributed by atoms with E-state index in [1.54, 1.807) is 10.8 Å². The van der Waals surface area contributed by atoms with Crippen LogP contribution in [0.25, 0.3) is 6.08 Å². The van der Waals surface area contributed by atoms with E-state index < -0.39 is 5.97 Å². The Morgan fingerprint density at radius 3 is 2.30 bits per heavy atom. The lowest BCUT2D eigenvalue weighted by Crippen LogP contribution is -2.06. The topological polar surface area (TPSA) is 56.5 Å². The quantitative estimate of drug-likeness (QED) is 0.633. The van der Waals surface area contributed by atoms with Crippen LogP contribution in [0, 0.1) is 27.7 Å². The number of aliphatic imine (C=N–C) groups is 1. The SMILES string of the molecule is Cc1cc(C)cc(C2=N/C(=C\c3c(C)nn(C)c3C)C(=O)O2)c1. The number of ether oxygens (including phenoxy) is 1. The first-order chi connectivity index (χ1) is 10.8. The average Bonchev–Trinajstić information content (AvgIpc) is 2.94. The zero-order valence-electron chi connectivity index (χ0n) is 14.0. The molecule has 0 unspecified atom stereocenters. The van der Waals surface area contributed by atoms with E-state index in [1.165, 1.54) is 0 Å². The molecular weight excluding hydrogens is 290 g/mol. The molecule has 2 aromatic rings. The monoisotopic (exact) mass is 309 g/mol. The summed E-state index contributed by atoms with van der Waals surface area (Å²) < 4.78 is 7.13. The lowest BCUT2D eigenvalue weighted by Gasteiger charge is -2.03. The van der Waals surface area contributed by atoms with Crippen LogP contribution in [0.5, 0.6) is 0 Å². The molecule has 1 aliphatic heterocycles. The third-order valence-corrected chi connectivity index (χ3v) is 3.94. The van der Waals surface area contributed by atoms with E-state index in [1.807, 2.05) is 46.9 Å². The Bertz CT molecular complexity index is 852. The van der Waals surface area contributed by atoms with Gasteiger partial charge in [-0.15, -0.1) is 0 Å². The molecule has 1 aromatic carbocycles. The summed E-state index contributed by atoms with van der Waals surface area (Å²) in [5.41, 5.74) is 6.09. The van der Waals surface area contributed by atoms with Crippen LogP contribution in [-0.4, -0.2) is 21.6 Å². The van der Waals surface area contributed by atoms with Crippen LogP contribution in [0.15, 0.2) is 28.9 Å². The maximum atomic E-state index is 12.1. The summed E-state index contributed by atoms with van der Waals surface area (Å²) in [7, 11) is 1.88. The maximum absolute atomic E-state index is 12.1. The van der Waals surface area contributed by atoms with Crippen molar-refractivity contribution in [2.75, 3.05) is 0 Å². The highest BCUT2D eigenvalue weighted by Gasteiger charge is 2.25. The predicted octanol–water partition coefficient (Wildman–Crippen LogP) is 3.00. The first-order valence-corrected chi connectivity index (χ1v) is 7.46. The molecule has 0 radical (unpaired) electrons. The van der Waals surface area contributed by atoms with Gasteiger partial charge in [0.1, 0.15) is 0 Å². The van der Waals surface area contributed by atoms with Crippen molar-refractivity contribution in [1.29, 1.82) is 0 Å². The zero-order valence-corrected chi connectivity index (χ0v) is 14.0. The van der Waals surface area contributed by atoms with E-state index >= 15 is 0 Å². The van der Waals surface area contributed by atoms with Crippen molar-refractivity contribution in [1.82, 2.24) is 9.78 Å². The van der Waals surface area contributed by atoms with Gasteiger partial charge in [0.2, 0.25) is 5.90 Å². The van der Waals surface area contributed by atoms with E-state index in [-0.39, 0.29) is 0 Å². The number of aromatic nitrogens is 2. The van der Waals surface area contributed by atoms with Gasteiger partial charge in [0.25, 0.3) is 0 Å². The molecule has 5 heteroatoms. The van der Waals surface area contributed by atoms with Gasteiger partial charge in [0, 0.05) is 23.9 Å². The van der Waals surface area contributed by atoms with Crippen LogP contribution < -0.4 is 0 Å². The third kappa shape index (κ3) is 2.82. The Kier molecular flexibility index (Phi) is 3.64. The summed E-state index contributed by atoms with van der Waals surface area (Å²) in [5.74, 6) is -0.0749. The smallest absolute Gasteiger partial charge is 0.363 e. The number of aryl methyl sites for hydroxylation is 4. The Balaban J connectivity index is 2.03. The molecule has 0 fully saturated rings. The molecule has 0 saturated carbocycles. The van der Waals surface area contributed by atoms with Crippen LogP contribution in [-0.2, 0) is 16.6 Å². The van der Waals surface area contributed by atoms with E-state index in [0.29, 0.717) is 11.6 Å². The van der Waals surface area contributed by atoms with Gasteiger partial charge < -0.3 is 4.74 Å². The molecule has 0 bridgehead atoms. The van der Waals surface area contributed by atoms with Crippen molar-refractivity contribution in [3.05, 3.63) is 57.5 Å². The number of benzene rings is 1. The number of hydrogen-bond donors (Lipinski definition) is 0. The number of nitrogens with zero attached hydrogens (tertiary/aromatic N) is 3. The molecule has 1 aromatic heterocycles. The molecular formula is C18H19N3O2. The van der Waals surface area contributed by atoms with E-state index in [4.69, 9.17) is 4.74 Å². The molecule has 0 saturated heterocycles. The lowest BCUT2D eigenvalue weighted by molar-refractivity contribution is -0.129. The fourth-order valence-electron chi connectivity index (χ4n) is 2.77. The number of esters is 1. The normalized spacial score (nSPS) is 16.0. The summed E-state index contributed by atoms with van der Waals surface area (Å²) >= 11 is 0. The Hall–Kier alpha value is -2.69. The summed E-state index contributed by atoms with van der Waals surface area (Å²) in [5, 5.41) is 4.35. The second-order valence-electron chi connectivity index (χ2n) is 5.92.